The van der Waals surface area contributed by atoms with Gasteiger partial charge in [-0.15, -0.1) is 0 Å². The number of carbonyl (C=O) groups is 1. The first kappa shape index (κ1) is 17.2. The lowest BCUT2D eigenvalue weighted by molar-refractivity contribution is 0.0827. The normalized spacial score (nSPS) is 11.1. The maximum atomic E-state index is 12.9. The van der Waals surface area contributed by atoms with E-state index in [0.29, 0.717) is 0 Å². The highest BCUT2D eigenvalue weighted by molar-refractivity contribution is 7.92. The van der Waals surface area contributed by atoms with Crippen LogP contribution in [-0.2, 0) is 10.0 Å². The number of halogens is 2. The molecule has 0 aromatic heterocycles. The highest BCUT2D eigenvalue weighted by Crippen LogP contribution is 2.26. The summed E-state index contributed by atoms with van der Waals surface area (Å²) in [6.07, 6.45) is 0. The molecular formula is C15H14ClFN2O3S. The summed E-state index contributed by atoms with van der Waals surface area (Å²) >= 11 is 5.99. The molecule has 0 aliphatic rings. The Hall–Kier alpha value is -2.12. The lowest BCUT2D eigenvalue weighted by atomic mass is 10.2. The predicted molar refractivity (Wildman–Crippen MR) is 86.7 cm³/mol. The van der Waals surface area contributed by atoms with Crippen LogP contribution in [0.5, 0.6) is 0 Å². The molecule has 0 aliphatic carbocycles. The van der Waals surface area contributed by atoms with E-state index in [0.717, 1.165) is 24.3 Å². The monoisotopic (exact) mass is 356 g/mol. The van der Waals surface area contributed by atoms with Crippen LogP contribution in [0.25, 0.3) is 0 Å². The topological polar surface area (TPSA) is 66.5 Å². The number of nitrogens with one attached hydrogen (secondary N) is 1. The van der Waals surface area contributed by atoms with E-state index in [9.17, 15) is 17.6 Å². The average Bonchev–Trinajstić information content (AvgIpc) is 2.49. The number of benzene rings is 2. The molecule has 1 amide bonds. The van der Waals surface area contributed by atoms with E-state index in [1.165, 1.54) is 23.1 Å². The molecule has 23 heavy (non-hydrogen) atoms. The number of sulfonamides is 1. The van der Waals surface area contributed by atoms with Crippen molar-refractivity contribution >= 4 is 33.2 Å². The van der Waals surface area contributed by atoms with Gasteiger partial charge >= 0.3 is 0 Å². The first-order valence-corrected chi connectivity index (χ1v) is 8.36. The van der Waals surface area contributed by atoms with Gasteiger partial charge in [-0.3, -0.25) is 9.52 Å². The summed E-state index contributed by atoms with van der Waals surface area (Å²) in [4.78, 5) is 13.2. The zero-order valence-electron chi connectivity index (χ0n) is 12.4. The lowest BCUT2D eigenvalue weighted by Gasteiger charge is -2.13. The molecule has 0 radical (unpaired) electrons. The van der Waals surface area contributed by atoms with Crippen molar-refractivity contribution in [1.82, 2.24) is 4.90 Å². The minimum atomic E-state index is -3.94. The quantitative estimate of drug-likeness (QED) is 0.915. The molecule has 0 saturated heterocycles. The molecule has 0 bridgehead atoms. The third-order valence-electron chi connectivity index (χ3n) is 2.99. The number of nitrogens with zero attached hydrogens (tertiary/aromatic N) is 1. The summed E-state index contributed by atoms with van der Waals surface area (Å²) < 4.78 is 39.8. The number of rotatable bonds is 4. The molecule has 0 aliphatic heterocycles. The molecule has 0 fully saturated rings. The van der Waals surface area contributed by atoms with Crippen molar-refractivity contribution in [3.8, 4) is 0 Å². The highest BCUT2D eigenvalue weighted by Gasteiger charge is 2.17. The van der Waals surface area contributed by atoms with Crippen molar-refractivity contribution in [3.63, 3.8) is 0 Å². The van der Waals surface area contributed by atoms with Gasteiger partial charge in [0, 0.05) is 19.7 Å². The fourth-order valence-electron chi connectivity index (χ4n) is 1.81. The molecular weight excluding hydrogens is 343 g/mol. The van der Waals surface area contributed by atoms with E-state index < -0.39 is 15.8 Å². The summed E-state index contributed by atoms with van der Waals surface area (Å²) in [6.45, 7) is 0. The Kier molecular flexibility index (Phi) is 4.91. The second-order valence-corrected chi connectivity index (χ2v) is 7.04. The fourth-order valence-corrected chi connectivity index (χ4v) is 3.10. The Morgan fingerprint density at radius 3 is 2.30 bits per heavy atom. The van der Waals surface area contributed by atoms with E-state index in [2.05, 4.69) is 4.72 Å². The number of anilines is 1. The Balaban J connectivity index is 2.37. The van der Waals surface area contributed by atoms with Gasteiger partial charge in [0.15, 0.2) is 0 Å². The molecule has 0 saturated carbocycles. The van der Waals surface area contributed by atoms with Gasteiger partial charge in [0.05, 0.1) is 15.6 Å². The van der Waals surface area contributed by atoms with Gasteiger partial charge in [0.1, 0.15) is 5.82 Å². The van der Waals surface area contributed by atoms with E-state index in [1.54, 1.807) is 14.1 Å². The summed E-state index contributed by atoms with van der Waals surface area (Å²) in [7, 11) is -0.776. The second kappa shape index (κ2) is 6.55. The summed E-state index contributed by atoms with van der Waals surface area (Å²) in [5.41, 5.74) is 0.361. The smallest absolute Gasteiger partial charge is 0.261 e. The maximum absolute atomic E-state index is 12.9. The average molecular weight is 357 g/mol. The Bertz CT molecular complexity index is 836. The van der Waals surface area contributed by atoms with Crippen LogP contribution in [0, 0.1) is 5.82 Å². The van der Waals surface area contributed by atoms with E-state index >= 15 is 0 Å². The Morgan fingerprint density at radius 2 is 1.74 bits per heavy atom. The van der Waals surface area contributed by atoms with Crippen LogP contribution in [0.15, 0.2) is 47.4 Å². The van der Waals surface area contributed by atoms with Crippen LogP contribution in [-0.4, -0.2) is 33.3 Å². The van der Waals surface area contributed by atoms with Crippen molar-refractivity contribution < 1.29 is 17.6 Å². The first-order chi connectivity index (χ1) is 10.7. The maximum Gasteiger partial charge on any atom is 0.261 e. The van der Waals surface area contributed by atoms with Crippen molar-refractivity contribution in [3.05, 3.63) is 58.9 Å². The molecule has 8 heteroatoms. The zero-order chi connectivity index (χ0) is 17.2. The van der Waals surface area contributed by atoms with Gasteiger partial charge in [-0.25, -0.2) is 12.8 Å². The van der Waals surface area contributed by atoms with E-state index in [-0.39, 0.29) is 27.1 Å². The Labute approximate surface area is 138 Å². The molecule has 0 spiro atoms. The fraction of sp³-hybridized carbons (Fsp3) is 0.133. The van der Waals surface area contributed by atoms with Crippen LogP contribution in [0.2, 0.25) is 5.02 Å². The van der Waals surface area contributed by atoms with E-state index in [4.69, 9.17) is 11.6 Å². The zero-order valence-corrected chi connectivity index (χ0v) is 14.0. The van der Waals surface area contributed by atoms with E-state index in [1.807, 2.05) is 0 Å². The summed E-state index contributed by atoms with van der Waals surface area (Å²) in [5, 5.41) is 0.144. The van der Waals surface area contributed by atoms with Gasteiger partial charge < -0.3 is 4.90 Å². The van der Waals surface area contributed by atoms with Gasteiger partial charge in [-0.2, -0.15) is 0 Å². The largest absolute Gasteiger partial charge is 0.345 e. The molecule has 122 valence electrons. The summed E-state index contributed by atoms with van der Waals surface area (Å²) in [6, 6.07) is 8.65. The molecule has 0 heterocycles. The summed E-state index contributed by atoms with van der Waals surface area (Å²) in [5.74, 6) is -0.829. The molecule has 0 unspecified atom stereocenters. The number of hydrogen-bond acceptors (Lipinski definition) is 3. The third kappa shape index (κ3) is 4.00. The van der Waals surface area contributed by atoms with Gasteiger partial charge in [-0.1, -0.05) is 11.6 Å². The van der Waals surface area contributed by atoms with Crippen molar-refractivity contribution in [2.24, 2.45) is 0 Å². The van der Waals surface area contributed by atoms with Gasteiger partial charge in [-0.05, 0) is 42.5 Å². The number of carbonyl (C=O) groups excluding carboxylic acids is 1. The minimum Gasteiger partial charge on any atom is -0.345 e. The molecule has 1 N–H and O–H groups in total. The predicted octanol–water partition coefficient (Wildman–Crippen LogP) is 2.98. The van der Waals surface area contributed by atoms with Crippen LogP contribution in [0.1, 0.15) is 10.4 Å². The molecule has 2 aromatic rings. The third-order valence-corrected chi connectivity index (χ3v) is 4.70. The van der Waals surface area contributed by atoms with Crippen LogP contribution in [0.3, 0.4) is 0 Å². The number of hydrogen-bond donors (Lipinski definition) is 1. The molecule has 0 atom stereocenters. The van der Waals surface area contributed by atoms with Crippen LogP contribution in [0.4, 0.5) is 10.1 Å². The molecule has 2 rings (SSSR count). The van der Waals surface area contributed by atoms with Crippen LogP contribution >= 0.6 is 11.6 Å². The number of amides is 1. The molecule has 5 nitrogen and oxygen atoms in total. The molecule has 2 aromatic carbocycles. The second-order valence-electron chi connectivity index (χ2n) is 4.95. The highest BCUT2D eigenvalue weighted by atomic mass is 35.5. The lowest BCUT2D eigenvalue weighted by Crippen LogP contribution is -2.22. The van der Waals surface area contributed by atoms with Crippen LogP contribution < -0.4 is 4.72 Å². The van der Waals surface area contributed by atoms with Crippen molar-refractivity contribution in [2.45, 2.75) is 4.90 Å². The minimum absolute atomic E-state index is 0.0729. The Morgan fingerprint density at radius 1 is 1.13 bits per heavy atom. The van der Waals surface area contributed by atoms with Crippen molar-refractivity contribution in [1.29, 1.82) is 0 Å². The standard InChI is InChI=1S/C15H14ClFN2O3S/c1-19(2)15(20)10-3-8-13(16)14(9-10)18-23(21,22)12-6-4-11(17)5-7-12/h3-9,18H,1-2H3. The SMILES string of the molecule is CN(C)C(=O)c1ccc(Cl)c(NS(=O)(=O)c2ccc(F)cc2)c1. The van der Waals surface area contributed by atoms with Crippen molar-refractivity contribution in [2.75, 3.05) is 18.8 Å². The van der Waals surface area contributed by atoms with Gasteiger partial charge in [0.25, 0.3) is 15.9 Å². The van der Waals surface area contributed by atoms with Gasteiger partial charge in [0.2, 0.25) is 0 Å². The first-order valence-electron chi connectivity index (χ1n) is 6.50.